The van der Waals surface area contributed by atoms with Gasteiger partial charge in [-0.3, -0.25) is 9.59 Å². The molecular weight excluding hydrogens is 320 g/mol. The maximum Gasteiger partial charge on any atom is 0.337 e. The summed E-state index contributed by atoms with van der Waals surface area (Å²) in [6, 6.07) is 6.45. The first-order valence-corrected chi connectivity index (χ1v) is 8.77. The van der Waals surface area contributed by atoms with Gasteiger partial charge in [-0.2, -0.15) is 0 Å². The summed E-state index contributed by atoms with van der Waals surface area (Å²) in [5.41, 5.74) is 0.0507. The number of amides is 2. The van der Waals surface area contributed by atoms with Crippen molar-refractivity contribution in [3.63, 3.8) is 0 Å². The molecule has 1 aromatic carbocycles. The summed E-state index contributed by atoms with van der Waals surface area (Å²) in [4.78, 5) is 38.7. The molecular formula is C19H26N2O4. The monoisotopic (exact) mass is 346 g/mol. The van der Waals surface area contributed by atoms with E-state index >= 15 is 0 Å². The Morgan fingerprint density at radius 3 is 2.08 bits per heavy atom. The van der Waals surface area contributed by atoms with E-state index in [1.807, 2.05) is 13.8 Å². The van der Waals surface area contributed by atoms with Crippen molar-refractivity contribution in [3.8, 4) is 0 Å². The Labute approximate surface area is 148 Å². The highest BCUT2D eigenvalue weighted by atomic mass is 16.5. The lowest BCUT2D eigenvalue weighted by Gasteiger charge is -2.26. The number of carbonyl (C=O) groups excluding carboxylic acids is 3. The lowest BCUT2D eigenvalue weighted by atomic mass is 10.0. The molecule has 2 amide bonds. The van der Waals surface area contributed by atoms with E-state index in [0.717, 1.165) is 12.8 Å². The SMILES string of the molecule is CCCN(CCC)C(=O)C1(C(=O)Nc2ccc(C(=O)OC)cc2)CC1. The summed E-state index contributed by atoms with van der Waals surface area (Å²) < 4.78 is 4.65. The lowest BCUT2D eigenvalue weighted by Crippen LogP contribution is -2.43. The van der Waals surface area contributed by atoms with E-state index in [1.165, 1.54) is 7.11 Å². The van der Waals surface area contributed by atoms with Crippen LogP contribution in [0.5, 0.6) is 0 Å². The van der Waals surface area contributed by atoms with Gasteiger partial charge in [0.05, 0.1) is 12.7 Å². The predicted octanol–water partition coefficient (Wildman–Crippen LogP) is 2.84. The zero-order valence-corrected chi connectivity index (χ0v) is 15.1. The molecule has 0 saturated heterocycles. The van der Waals surface area contributed by atoms with Crippen molar-refractivity contribution in [2.45, 2.75) is 39.5 Å². The lowest BCUT2D eigenvalue weighted by molar-refractivity contribution is -0.142. The average molecular weight is 346 g/mol. The van der Waals surface area contributed by atoms with Crippen molar-refractivity contribution in [1.29, 1.82) is 0 Å². The number of ether oxygens (including phenoxy) is 1. The van der Waals surface area contributed by atoms with Gasteiger partial charge in [-0.25, -0.2) is 4.79 Å². The summed E-state index contributed by atoms with van der Waals surface area (Å²) in [5, 5.41) is 2.81. The van der Waals surface area contributed by atoms with Gasteiger partial charge < -0.3 is 15.0 Å². The number of rotatable bonds is 8. The van der Waals surface area contributed by atoms with Crippen molar-refractivity contribution in [2.75, 3.05) is 25.5 Å². The molecule has 6 heteroatoms. The topological polar surface area (TPSA) is 75.7 Å². The molecule has 1 N–H and O–H groups in total. The van der Waals surface area contributed by atoms with Crippen LogP contribution in [0.1, 0.15) is 49.9 Å². The summed E-state index contributed by atoms with van der Waals surface area (Å²) in [7, 11) is 1.32. The van der Waals surface area contributed by atoms with Gasteiger partial charge >= 0.3 is 5.97 Å². The summed E-state index contributed by atoms with van der Waals surface area (Å²) >= 11 is 0. The number of methoxy groups -OCH3 is 1. The van der Waals surface area contributed by atoms with Gasteiger partial charge in [0, 0.05) is 18.8 Å². The summed E-state index contributed by atoms with van der Waals surface area (Å²) in [6.45, 7) is 5.40. The number of nitrogens with zero attached hydrogens (tertiary/aromatic N) is 1. The smallest absolute Gasteiger partial charge is 0.337 e. The molecule has 0 spiro atoms. The minimum atomic E-state index is -0.925. The number of hydrogen-bond acceptors (Lipinski definition) is 4. The number of benzene rings is 1. The molecule has 1 aliphatic carbocycles. The number of esters is 1. The Morgan fingerprint density at radius 2 is 1.64 bits per heavy atom. The van der Waals surface area contributed by atoms with Crippen LogP contribution in [0, 0.1) is 5.41 Å². The van der Waals surface area contributed by atoms with Gasteiger partial charge in [0.25, 0.3) is 0 Å². The van der Waals surface area contributed by atoms with E-state index in [2.05, 4.69) is 10.1 Å². The summed E-state index contributed by atoms with van der Waals surface area (Å²) in [6.07, 6.45) is 2.92. The maximum atomic E-state index is 12.8. The Hall–Kier alpha value is -2.37. The molecule has 1 aromatic rings. The Kier molecular flexibility index (Phi) is 6.17. The number of anilines is 1. The highest BCUT2D eigenvalue weighted by Crippen LogP contribution is 2.48. The van der Waals surface area contributed by atoms with Gasteiger partial charge in [-0.15, -0.1) is 0 Å². The molecule has 1 fully saturated rings. The van der Waals surface area contributed by atoms with Crippen LogP contribution in [-0.4, -0.2) is 42.9 Å². The minimum Gasteiger partial charge on any atom is -0.465 e. The molecule has 25 heavy (non-hydrogen) atoms. The van der Waals surface area contributed by atoms with Crippen LogP contribution in [0.3, 0.4) is 0 Å². The quantitative estimate of drug-likeness (QED) is 0.580. The zero-order chi connectivity index (χ0) is 18.4. The van der Waals surface area contributed by atoms with E-state index in [0.29, 0.717) is 37.2 Å². The second-order valence-electron chi connectivity index (χ2n) is 6.40. The van der Waals surface area contributed by atoms with Crippen LogP contribution in [0.25, 0.3) is 0 Å². The highest BCUT2D eigenvalue weighted by Gasteiger charge is 2.57. The molecule has 1 saturated carbocycles. The van der Waals surface area contributed by atoms with Crippen molar-refractivity contribution >= 4 is 23.5 Å². The molecule has 0 radical (unpaired) electrons. The minimum absolute atomic E-state index is 0.0696. The molecule has 0 atom stereocenters. The third-order valence-corrected chi connectivity index (χ3v) is 4.43. The standard InChI is InChI=1S/C19H26N2O4/c1-4-12-21(13-5-2)18(24)19(10-11-19)17(23)20-15-8-6-14(7-9-15)16(22)25-3/h6-9H,4-5,10-13H2,1-3H3,(H,20,23). The zero-order valence-electron chi connectivity index (χ0n) is 15.1. The number of carbonyl (C=O) groups is 3. The van der Waals surface area contributed by atoms with Gasteiger partial charge in [-0.1, -0.05) is 13.8 Å². The predicted molar refractivity (Wildman–Crippen MR) is 95.2 cm³/mol. The normalized spacial score (nSPS) is 14.5. The Bertz CT molecular complexity index is 629. The molecule has 136 valence electrons. The van der Waals surface area contributed by atoms with E-state index in [1.54, 1.807) is 29.2 Å². The first-order valence-electron chi connectivity index (χ1n) is 8.77. The molecule has 0 aromatic heterocycles. The fourth-order valence-electron chi connectivity index (χ4n) is 2.88. The van der Waals surface area contributed by atoms with Crippen LogP contribution >= 0.6 is 0 Å². The average Bonchev–Trinajstić information content (AvgIpc) is 3.43. The van der Waals surface area contributed by atoms with Gasteiger partial charge in [0.1, 0.15) is 5.41 Å². The van der Waals surface area contributed by atoms with E-state index in [4.69, 9.17) is 0 Å². The van der Waals surface area contributed by atoms with Gasteiger partial charge in [0.15, 0.2) is 0 Å². The molecule has 1 aliphatic rings. The third kappa shape index (κ3) is 4.18. The molecule has 0 heterocycles. The van der Waals surface area contributed by atoms with Crippen LogP contribution in [0.4, 0.5) is 5.69 Å². The fraction of sp³-hybridized carbons (Fsp3) is 0.526. The molecule has 0 bridgehead atoms. The number of hydrogen-bond donors (Lipinski definition) is 1. The van der Waals surface area contributed by atoms with Crippen molar-refractivity contribution < 1.29 is 19.1 Å². The van der Waals surface area contributed by atoms with Gasteiger partial charge in [0.2, 0.25) is 11.8 Å². The Balaban J connectivity index is 2.06. The molecule has 0 unspecified atom stereocenters. The van der Waals surface area contributed by atoms with E-state index < -0.39 is 11.4 Å². The van der Waals surface area contributed by atoms with Gasteiger partial charge in [-0.05, 0) is 49.9 Å². The van der Waals surface area contributed by atoms with Crippen LogP contribution in [-0.2, 0) is 14.3 Å². The van der Waals surface area contributed by atoms with Crippen molar-refractivity contribution in [1.82, 2.24) is 4.90 Å². The Morgan fingerprint density at radius 1 is 1.08 bits per heavy atom. The second-order valence-corrected chi connectivity index (χ2v) is 6.40. The number of nitrogens with one attached hydrogen (secondary N) is 1. The second kappa shape index (κ2) is 8.14. The van der Waals surface area contributed by atoms with E-state index in [-0.39, 0.29) is 11.8 Å². The first kappa shape index (κ1) is 19.0. The maximum absolute atomic E-state index is 12.8. The van der Waals surface area contributed by atoms with Crippen LogP contribution in [0.2, 0.25) is 0 Å². The van der Waals surface area contributed by atoms with Crippen LogP contribution < -0.4 is 5.32 Å². The van der Waals surface area contributed by atoms with E-state index in [9.17, 15) is 14.4 Å². The van der Waals surface area contributed by atoms with Crippen LogP contribution in [0.15, 0.2) is 24.3 Å². The summed E-state index contributed by atoms with van der Waals surface area (Å²) in [5.74, 6) is -0.762. The van der Waals surface area contributed by atoms with Crippen molar-refractivity contribution in [3.05, 3.63) is 29.8 Å². The first-order chi connectivity index (χ1) is 12.0. The molecule has 2 rings (SSSR count). The largest absolute Gasteiger partial charge is 0.465 e. The van der Waals surface area contributed by atoms with Crippen molar-refractivity contribution in [2.24, 2.45) is 5.41 Å². The fourth-order valence-corrected chi connectivity index (χ4v) is 2.88. The molecule has 6 nitrogen and oxygen atoms in total. The molecule has 0 aliphatic heterocycles. The third-order valence-electron chi connectivity index (χ3n) is 4.43. The highest BCUT2D eigenvalue weighted by molar-refractivity contribution is 6.13.